The molecule has 1 heterocycles. The lowest BCUT2D eigenvalue weighted by atomic mass is 10.0. The number of piperidine rings is 1. The van der Waals surface area contributed by atoms with Crippen LogP contribution in [0, 0.1) is 0 Å². The van der Waals surface area contributed by atoms with E-state index in [2.05, 4.69) is 31.4 Å². The Labute approximate surface area is 135 Å². The van der Waals surface area contributed by atoms with Gasteiger partial charge in [-0.25, -0.2) is 0 Å². The summed E-state index contributed by atoms with van der Waals surface area (Å²) in [5, 5.41) is 6.48. The molecule has 0 aromatic rings. The summed E-state index contributed by atoms with van der Waals surface area (Å²) in [6.45, 7) is 8.94. The second-order valence-electron chi connectivity index (χ2n) is 6.38. The molecule has 0 saturated carbocycles. The van der Waals surface area contributed by atoms with E-state index in [-0.39, 0.29) is 17.9 Å². The van der Waals surface area contributed by atoms with E-state index in [0.29, 0.717) is 25.3 Å². The minimum absolute atomic E-state index is 0.0874. The van der Waals surface area contributed by atoms with Gasteiger partial charge < -0.3 is 15.5 Å². The van der Waals surface area contributed by atoms with E-state index < -0.39 is 0 Å². The van der Waals surface area contributed by atoms with Gasteiger partial charge in [0.05, 0.1) is 0 Å². The molecule has 128 valence electrons. The molecule has 0 radical (unpaired) electrons. The van der Waals surface area contributed by atoms with Crippen LogP contribution in [0.15, 0.2) is 0 Å². The van der Waals surface area contributed by atoms with Crippen LogP contribution in [-0.2, 0) is 9.59 Å². The molecule has 1 rings (SSSR count). The van der Waals surface area contributed by atoms with Crippen molar-refractivity contribution >= 4 is 11.8 Å². The molecule has 5 heteroatoms. The van der Waals surface area contributed by atoms with Crippen molar-refractivity contribution in [3.8, 4) is 0 Å². The summed E-state index contributed by atoms with van der Waals surface area (Å²) in [7, 11) is 0. The highest BCUT2D eigenvalue weighted by molar-refractivity contribution is 5.79. The maximum Gasteiger partial charge on any atom is 0.222 e. The van der Waals surface area contributed by atoms with E-state index in [0.717, 1.165) is 45.3 Å². The van der Waals surface area contributed by atoms with Gasteiger partial charge in [-0.15, -0.1) is 0 Å². The molecule has 22 heavy (non-hydrogen) atoms. The molecule has 0 aromatic heterocycles. The Bertz CT molecular complexity index is 341. The first-order chi connectivity index (χ1) is 10.6. The number of hydrogen-bond acceptors (Lipinski definition) is 3. The molecule has 2 unspecified atom stereocenters. The van der Waals surface area contributed by atoms with Gasteiger partial charge in [-0.2, -0.15) is 0 Å². The largest absolute Gasteiger partial charge is 0.353 e. The quantitative estimate of drug-likeness (QED) is 0.685. The molecule has 5 nitrogen and oxygen atoms in total. The summed E-state index contributed by atoms with van der Waals surface area (Å²) in [6.07, 6.45) is 5.54. The highest BCUT2D eigenvalue weighted by Crippen LogP contribution is 2.09. The van der Waals surface area contributed by atoms with Crippen LogP contribution in [0.5, 0.6) is 0 Å². The van der Waals surface area contributed by atoms with Crippen LogP contribution >= 0.6 is 0 Å². The molecule has 0 bridgehead atoms. The second-order valence-corrected chi connectivity index (χ2v) is 6.38. The van der Waals surface area contributed by atoms with Gasteiger partial charge in [-0.1, -0.05) is 13.8 Å². The van der Waals surface area contributed by atoms with E-state index in [4.69, 9.17) is 0 Å². The number of rotatable bonds is 9. The Morgan fingerprint density at radius 1 is 1.18 bits per heavy atom. The van der Waals surface area contributed by atoms with E-state index in [1.807, 2.05) is 4.90 Å². The number of nitrogens with zero attached hydrogens (tertiary/aromatic N) is 1. The number of nitrogens with one attached hydrogen (secondary N) is 2. The van der Waals surface area contributed by atoms with Gasteiger partial charge in [-0.3, -0.25) is 9.59 Å². The zero-order valence-electron chi connectivity index (χ0n) is 14.5. The van der Waals surface area contributed by atoms with Gasteiger partial charge in [-0.05, 0) is 45.6 Å². The number of hydrogen-bond donors (Lipinski definition) is 2. The van der Waals surface area contributed by atoms with Crippen LogP contribution in [0.1, 0.15) is 65.7 Å². The van der Waals surface area contributed by atoms with E-state index in [9.17, 15) is 9.59 Å². The van der Waals surface area contributed by atoms with Gasteiger partial charge in [0.2, 0.25) is 11.8 Å². The molecule has 1 aliphatic heterocycles. The van der Waals surface area contributed by atoms with Gasteiger partial charge in [0.25, 0.3) is 0 Å². The topological polar surface area (TPSA) is 61.4 Å². The molecular formula is C17H33N3O2. The third-order valence-electron chi connectivity index (χ3n) is 4.12. The maximum absolute atomic E-state index is 12.1. The molecule has 0 aromatic carbocycles. The summed E-state index contributed by atoms with van der Waals surface area (Å²) >= 11 is 0. The van der Waals surface area contributed by atoms with Crippen molar-refractivity contribution in [2.24, 2.45) is 0 Å². The summed E-state index contributed by atoms with van der Waals surface area (Å²) in [4.78, 5) is 26.0. The average molecular weight is 311 g/mol. The van der Waals surface area contributed by atoms with E-state index in [1.54, 1.807) is 0 Å². The summed E-state index contributed by atoms with van der Waals surface area (Å²) in [5.74, 6) is 0.274. The first-order valence-corrected chi connectivity index (χ1v) is 8.87. The highest BCUT2D eigenvalue weighted by Gasteiger charge is 2.20. The molecule has 1 aliphatic rings. The minimum atomic E-state index is 0.0874. The number of amides is 2. The number of carbonyl (C=O) groups is 2. The smallest absolute Gasteiger partial charge is 0.222 e. The predicted molar refractivity (Wildman–Crippen MR) is 89.6 cm³/mol. The van der Waals surface area contributed by atoms with E-state index >= 15 is 0 Å². The van der Waals surface area contributed by atoms with Crippen LogP contribution in [0.4, 0.5) is 0 Å². The molecule has 0 aliphatic carbocycles. The molecule has 2 N–H and O–H groups in total. The van der Waals surface area contributed by atoms with Crippen LogP contribution < -0.4 is 10.6 Å². The maximum atomic E-state index is 12.1. The van der Waals surface area contributed by atoms with Crippen LogP contribution in [0.2, 0.25) is 0 Å². The zero-order chi connectivity index (χ0) is 16.4. The molecule has 2 amide bonds. The molecule has 1 fully saturated rings. The normalized spacial score (nSPS) is 21.4. The summed E-state index contributed by atoms with van der Waals surface area (Å²) in [6, 6.07) is 0.758. The van der Waals surface area contributed by atoms with Gasteiger partial charge in [0.15, 0.2) is 0 Å². The Kier molecular flexibility index (Phi) is 9.13. The van der Waals surface area contributed by atoms with Crippen molar-refractivity contribution in [3.63, 3.8) is 0 Å². The third kappa shape index (κ3) is 7.25. The molecule has 1 saturated heterocycles. The SMILES string of the molecule is CCCN(CCC)C(=O)CCCC(=O)NC1CCNC(C)C1. The summed E-state index contributed by atoms with van der Waals surface area (Å²) in [5.41, 5.74) is 0. The third-order valence-corrected chi connectivity index (χ3v) is 4.12. The van der Waals surface area contributed by atoms with Gasteiger partial charge in [0, 0.05) is 38.0 Å². The van der Waals surface area contributed by atoms with Crippen LogP contribution in [-0.4, -0.2) is 48.4 Å². The predicted octanol–water partition coefficient (Wildman–Crippen LogP) is 2.06. The van der Waals surface area contributed by atoms with Crippen molar-refractivity contribution < 1.29 is 9.59 Å². The second kappa shape index (κ2) is 10.6. The Balaban J connectivity index is 2.21. The fourth-order valence-electron chi connectivity index (χ4n) is 3.02. The standard InChI is InChI=1S/C17H33N3O2/c1-4-11-20(12-5-2)17(22)8-6-7-16(21)19-15-9-10-18-14(3)13-15/h14-15,18H,4-13H2,1-3H3,(H,19,21). The molecular weight excluding hydrogens is 278 g/mol. The lowest BCUT2D eigenvalue weighted by Crippen LogP contribution is -2.46. The highest BCUT2D eigenvalue weighted by atomic mass is 16.2. The van der Waals surface area contributed by atoms with Crippen molar-refractivity contribution in [2.75, 3.05) is 19.6 Å². The fourth-order valence-corrected chi connectivity index (χ4v) is 3.02. The van der Waals surface area contributed by atoms with Crippen molar-refractivity contribution in [3.05, 3.63) is 0 Å². The zero-order valence-corrected chi connectivity index (χ0v) is 14.5. The van der Waals surface area contributed by atoms with Crippen molar-refractivity contribution in [1.82, 2.24) is 15.5 Å². The Morgan fingerprint density at radius 3 is 2.45 bits per heavy atom. The molecule has 0 spiro atoms. The first-order valence-electron chi connectivity index (χ1n) is 8.87. The van der Waals surface area contributed by atoms with Gasteiger partial charge >= 0.3 is 0 Å². The Morgan fingerprint density at radius 2 is 1.86 bits per heavy atom. The van der Waals surface area contributed by atoms with Crippen LogP contribution in [0.25, 0.3) is 0 Å². The Hall–Kier alpha value is -1.10. The molecule has 2 atom stereocenters. The minimum Gasteiger partial charge on any atom is -0.353 e. The van der Waals surface area contributed by atoms with Crippen molar-refractivity contribution in [1.29, 1.82) is 0 Å². The van der Waals surface area contributed by atoms with Gasteiger partial charge in [0.1, 0.15) is 0 Å². The van der Waals surface area contributed by atoms with E-state index in [1.165, 1.54) is 0 Å². The average Bonchev–Trinajstić information content (AvgIpc) is 2.47. The summed E-state index contributed by atoms with van der Waals surface area (Å²) < 4.78 is 0. The monoisotopic (exact) mass is 311 g/mol. The van der Waals surface area contributed by atoms with Crippen LogP contribution in [0.3, 0.4) is 0 Å². The lowest BCUT2D eigenvalue weighted by Gasteiger charge is -2.28. The fraction of sp³-hybridized carbons (Fsp3) is 0.882. The van der Waals surface area contributed by atoms with Crippen molar-refractivity contribution in [2.45, 2.75) is 77.8 Å². The number of carbonyl (C=O) groups excluding carboxylic acids is 2. The first kappa shape index (κ1) is 18.9. The lowest BCUT2D eigenvalue weighted by molar-refractivity contribution is -0.131.